The second-order valence-corrected chi connectivity index (χ2v) is 7.19. The standard InChI is InChI=1S/C18H15FN4O/c19-17-9-18(10-17,11-17)22-8-13(5-20)23(16(22)24)15-7-21-6-12-3-1-2-4-14(12)15/h1-4,6-7,13H,8-11H2/t13-,17?,18?/m1/s1. The number of carbonyl (C=O) groups excluding carboxylic acids is 1. The number of alkyl halides is 1. The van der Waals surface area contributed by atoms with Crippen LogP contribution in [0.3, 0.4) is 0 Å². The second kappa shape index (κ2) is 4.23. The van der Waals surface area contributed by atoms with Crippen LogP contribution in [0.15, 0.2) is 36.7 Å². The monoisotopic (exact) mass is 322 g/mol. The third-order valence-electron chi connectivity index (χ3n) is 5.67. The van der Waals surface area contributed by atoms with Crippen LogP contribution in [-0.4, -0.2) is 39.7 Å². The van der Waals surface area contributed by atoms with E-state index >= 15 is 0 Å². The van der Waals surface area contributed by atoms with Crippen LogP contribution in [0.1, 0.15) is 19.3 Å². The lowest BCUT2D eigenvalue weighted by atomic mass is 9.47. The molecule has 0 spiro atoms. The van der Waals surface area contributed by atoms with Gasteiger partial charge in [-0.2, -0.15) is 5.26 Å². The van der Waals surface area contributed by atoms with Gasteiger partial charge in [-0.1, -0.05) is 24.3 Å². The molecule has 6 heteroatoms. The van der Waals surface area contributed by atoms with Crippen molar-refractivity contribution < 1.29 is 9.18 Å². The molecule has 0 radical (unpaired) electrons. The molecule has 3 saturated carbocycles. The van der Waals surface area contributed by atoms with E-state index in [0.717, 1.165) is 10.8 Å². The van der Waals surface area contributed by atoms with Gasteiger partial charge < -0.3 is 4.90 Å². The lowest BCUT2D eigenvalue weighted by Crippen LogP contribution is -2.77. The second-order valence-electron chi connectivity index (χ2n) is 7.19. The molecule has 1 saturated heterocycles. The van der Waals surface area contributed by atoms with Crippen molar-refractivity contribution >= 4 is 22.5 Å². The number of hydrogen-bond donors (Lipinski definition) is 0. The molecular formula is C18H15FN4O. The Morgan fingerprint density at radius 1 is 1.25 bits per heavy atom. The molecular weight excluding hydrogens is 307 g/mol. The highest BCUT2D eigenvalue weighted by Gasteiger charge is 2.73. The molecule has 2 heterocycles. The number of hydrogen-bond acceptors (Lipinski definition) is 3. The SMILES string of the molecule is N#C[C@@H]1CN(C23CC(F)(C2)C3)C(=O)N1c1cncc2ccccc12. The Morgan fingerprint density at radius 2 is 2.00 bits per heavy atom. The molecule has 24 heavy (non-hydrogen) atoms. The molecule has 1 aromatic heterocycles. The first-order valence-corrected chi connectivity index (χ1v) is 8.07. The van der Waals surface area contributed by atoms with Crippen molar-refractivity contribution in [3.63, 3.8) is 0 Å². The topological polar surface area (TPSA) is 60.2 Å². The fraction of sp³-hybridized carbons (Fsp3) is 0.389. The summed E-state index contributed by atoms with van der Waals surface area (Å²) in [4.78, 5) is 20.5. The van der Waals surface area contributed by atoms with Gasteiger partial charge in [0.25, 0.3) is 0 Å². The van der Waals surface area contributed by atoms with Crippen LogP contribution in [0.25, 0.3) is 10.8 Å². The molecule has 6 rings (SSSR count). The summed E-state index contributed by atoms with van der Waals surface area (Å²) in [6, 6.07) is 9.12. The average molecular weight is 322 g/mol. The summed E-state index contributed by atoms with van der Waals surface area (Å²) in [7, 11) is 0. The van der Waals surface area contributed by atoms with E-state index in [4.69, 9.17) is 0 Å². The number of aromatic nitrogens is 1. The van der Waals surface area contributed by atoms with Gasteiger partial charge in [0.05, 0.1) is 30.0 Å². The summed E-state index contributed by atoms with van der Waals surface area (Å²) >= 11 is 0. The van der Waals surface area contributed by atoms with E-state index in [1.807, 2.05) is 24.3 Å². The lowest BCUT2D eigenvalue weighted by Gasteiger charge is -2.68. The Bertz CT molecular complexity index is 896. The van der Waals surface area contributed by atoms with Crippen molar-refractivity contribution in [1.82, 2.24) is 9.88 Å². The first kappa shape index (κ1) is 13.7. The normalized spacial score (nSPS) is 34.0. The summed E-state index contributed by atoms with van der Waals surface area (Å²) in [5.74, 6) is 0. The van der Waals surface area contributed by atoms with Crippen LogP contribution >= 0.6 is 0 Å². The third kappa shape index (κ3) is 1.57. The molecule has 2 amide bonds. The van der Waals surface area contributed by atoms with Crippen LogP contribution in [0, 0.1) is 11.3 Å². The highest BCUT2D eigenvalue weighted by molar-refractivity contribution is 6.05. The number of carbonyl (C=O) groups is 1. The Kier molecular flexibility index (Phi) is 2.42. The molecule has 0 unspecified atom stereocenters. The van der Waals surface area contributed by atoms with Gasteiger partial charge in [-0.25, -0.2) is 9.18 Å². The van der Waals surface area contributed by atoms with Crippen LogP contribution in [0.2, 0.25) is 0 Å². The minimum absolute atomic E-state index is 0.207. The summed E-state index contributed by atoms with van der Waals surface area (Å²) < 4.78 is 13.9. The molecule has 1 aliphatic heterocycles. The molecule has 4 aliphatic rings. The molecule has 5 nitrogen and oxygen atoms in total. The van der Waals surface area contributed by atoms with Crippen LogP contribution in [-0.2, 0) is 0 Å². The van der Waals surface area contributed by atoms with E-state index in [2.05, 4.69) is 11.1 Å². The number of urea groups is 1. The fourth-order valence-electron chi connectivity index (χ4n) is 4.55. The maximum atomic E-state index is 13.9. The van der Waals surface area contributed by atoms with Gasteiger partial charge in [-0.05, 0) is 0 Å². The van der Waals surface area contributed by atoms with Crippen molar-refractivity contribution in [3.05, 3.63) is 36.7 Å². The number of halogens is 1. The van der Waals surface area contributed by atoms with Gasteiger partial charge >= 0.3 is 6.03 Å². The fourth-order valence-corrected chi connectivity index (χ4v) is 4.55. The lowest BCUT2D eigenvalue weighted by molar-refractivity contribution is -0.208. The van der Waals surface area contributed by atoms with Crippen LogP contribution in [0.4, 0.5) is 14.9 Å². The van der Waals surface area contributed by atoms with Crippen molar-refractivity contribution in [2.75, 3.05) is 11.4 Å². The summed E-state index contributed by atoms with van der Waals surface area (Å²) in [6.07, 6.45) is 4.60. The van der Waals surface area contributed by atoms with Crippen molar-refractivity contribution in [2.24, 2.45) is 0 Å². The van der Waals surface area contributed by atoms with E-state index in [-0.39, 0.29) is 11.6 Å². The summed E-state index contributed by atoms with van der Waals surface area (Å²) in [5.41, 5.74) is -0.793. The Hall–Kier alpha value is -2.68. The number of rotatable bonds is 2. The Balaban J connectivity index is 1.57. The van der Waals surface area contributed by atoms with Gasteiger partial charge in [0, 0.05) is 36.2 Å². The predicted octanol–water partition coefficient (Wildman–Crippen LogP) is 3.01. The molecule has 1 aromatic carbocycles. The zero-order valence-electron chi connectivity index (χ0n) is 12.9. The van der Waals surface area contributed by atoms with Gasteiger partial charge in [-0.3, -0.25) is 9.88 Å². The minimum atomic E-state index is -1.07. The molecule has 2 bridgehead atoms. The number of pyridine rings is 1. The third-order valence-corrected chi connectivity index (χ3v) is 5.67. The first-order valence-electron chi connectivity index (χ1n) is 8.07. The molecule has 3 aliphatic carbocycles. The molecule has 1 atom stereocenters. The highest BCUT2D eigenvalue weighted by Crippen LogP contribution is 2.66. The van der Waals surface area contributed by atoms with E-state index < -0.39 is 11.7 Å². The van der Waals surface area contributed by atoms with Gasteiger partial charge in [0.2, 0.25) is 0 Å². The number of nitrogens with zero attached hydrogens (tertiary/aromatic N) is 4. The van der Waals surface area contributed by atoms with Crippen LogP contribution in [0.5, 0.6) is 0 Å². The number of fused-ring (bicyclic) bond motifs is 1. The largest absolute Gasteiger partial charge is 0.326 e. The van der Waals surface area contributed by atoms with Crippen molar-refractivity contribution in [1.29, 1.82) is 5.26 Å². The quantitative estimate of drug-likeness (QED) is 0.854. The number of benzene rings is 1. The molecule has 0 N–H and O–H groups in total. The number of amides is 2. The van der Waals surface area contributed by atoms with Gasteiger partial charge in [-0.15, -0.1) is 0 Å². The Morgan fingerprint density at radius 3 is 2.71 bits per heavy atom. The summed E-state index contributed by atoms with van der Waals surface area (Å²) in [5, 5.41) is 11.4. The zero-order valence-corrected chi connectivity index (χ0v) is 12.9. The van der Waals surface area contributed by atoms with Crippen molar-refractivity contribution in [2.45, 2.75) is 36.5 Å². The van der Waals surface area contributed by atoms with Crippen molar-refractivity contribution in [3.8, 4) is 6.07 Å². The average Bonchev–Trinajstić information content (AvgIpc) is 2.87. The smallest absolute Gasteiger partial charge is 0.315 e. The minimum Gasteiger partial charge on any atom is -0.315 e. The maximum absolute atomic E-state index is 13.9. The highest BCUT2D eigenvalue weighted by atomic mass is 19.1. The van der Waals surface area contributed by atoms with Gasteiger partial charge in [0.1, 0.15) is 11.7 Å². The van der Waals surface area contributed by atoms with E-state index in [9.17, 15) is 14.4 Å². The first-order chi connectivity index (χ1) is 11.6. The molecule has 2 aromatic rings. The zero-order chi connectivity index (χ0) is 16.5. The predicted molar refractivity (Wildman–Crippen MR) is 86.1 cm³/mol. The molecule has 4 fully saturated rings. The maximum Gasteiger partial charge on any atom is 0.326 e. The van der Waals surface area contributed by atoms with Crippen LogP contribution < -0.4 is 4.90 Å². The summed E-state index contributed by atoms with van der Waals surface area (Å²) in [6.45, 7) is 0.328. The Labute approximate surface area is 138 Å². The number of anilines is 1. The molecule has 120 valence electrons. The van der Waals surface area contributed by atoms with E-state index in [0.29, 0.717) is 31.5 Å². The van der Waals surface area contributed by atoms with E-state index in [1.165, 1.54) is 4.90 Å². The van der Waals surface area contributed by atoms with E-state index in [1.54, 1.807) is 17.3 Å². The number of nitriles is 1. The van der Waals surface area contributed by atoms with Gasteiger partial charge in [0.15, 0.2) is 0 Å².